The van der Waals surface area contributed by atoms with Gasteiger partial charge in [-0.05, 0) is 25.9 Å². The van der Waals surface area contributed by atoms with Crippen molar-refractivity contribution in [3.63, 3.8) is 0 Å². The maximum atomic E-state index is 3.45. The molecule has 0 aliphatic rings. The summed E-state index contributed by atoms with van der Waals surface area (Å²) in [6.45, 7) is 14.0. The predicted molar refractivity (Wildman–Crippen MR) is 84.9 cm³/mol. The van der Waals surface area contributed by atoms with Gasteiger partial charge >= 0.3 is 0 Å². The summed E-state index contributed by atoms with van der Waals surface area (Å²) in [5, 5.41) is 16.8. The lowest BCUT2D eigenvalue weighted by Crippen LogP contribution is -2.36. The second kappa shape index (κ2) is 15.9. The third kappa shape index (κ3) is 17.8. The van der Waals surface area contributed by atoms with E-state index in [9.17, 15) is 0 Å². The third-order valence-electron chi connectivity index (χ3n) is 2.89. The minimum Gasteiger partial charge on any atom is -0.318 e. The van der Waals surface area contributed by atoms with Crippen molar-refractivity contribution in [1.29, 1.82) is 0 Å². The Labute approximate surface area is 119 Å². The third-order valence-corrected chi connectivity index (χ3v) is 2.89. The van der Waals surface area contributed by atoms with Crippen LogP contribution in [0.4, 0.5) is 0 Å². The number of likely N-dealkylation sites (N-methyl/N-ethyl adjacent to an activating group) is 1. The van der Waals surface area contributed by atoms with E-state index in [2.05, 4.69) is 40.4 Å². The molecule has 0 fully saturated rings. The minimum absolute atomic E-state index is 0.798. The molecule has 5 heteroatoms. The molecular weight excluding hydrogens is 238 g/mol. The molecule has 0 aromatic heterocycles. The Kier molecular flexibility index (Phi) is 15.7. The molecule has 0 radical (unpaired) electrons. The maximum Gasteiger partial charge on any atom is 0.00772 e. The van der Waals surface area contributed by atoms with Crippen LogP contribution in [0.2, 0.25) is 0 Å². The fourth-order valence-corrected chi connectivity index (χ4v) is 1.63. The van der Waals surface area contributed by atoms with Crippen LogP contribution in [0, 0.1) is 5.92 Å². The Morgan fingerprint density at radius 1 is 0.579 bits per heavy atom. The van der Waals surface area contributed by atoms with Crippen molar-refractivity contribution >= 4 is 0 Å². The van der Waals surface area contributed by atoms with Gasteiger partial charge in [-0.15, -0.1) is 0 Å². The average Bonchev–Trinajstić information content (AvgIpc) is 2.39. The van der Waals surface area contributed by atoms with Gasteiger partial charge in [0.2, 0.25) is 0 Å². The molecule has 0 saturated carbocycles. The standard InChI is InChI=1S/C14H35N5/c1-14(2)4-5-16-8-9-18-12-13-19-11-10-17-7-6-15-3/h14-19H,4-13H2,1-3H3. The summed E-state index contributed by atoms with van der Waals surface area (Å²) in [5.74, 6) is 0.798. The molecule has 0 aromatic rings. The molecule has 116 valence electrons. The molecule has 0 saturated heterocycles. The van der Waals surface area contributed by atoms with E-state index < -0.39 is 0 Å². The molecule has 5 N–H and O–H groups in total. The molecule has 0 heterocycles. The molecular formula is C14H35N5. The van der Waals surface area contributed by atoms with Gasteiger partial charge in [0.05, 0.1) is 0 Å². The first-order valence-electron chi connectivity index (χ1n) is 7.74. The first-order chi connectivity index (χ1) is 9.27. The molecule has 0 amide bonds. The normalized spacial score (nSPS) is 11.4. The highest BCUT2D eigenvalue weighted by molar-refractivity contribution is 4.57. The topological polar surface area (TPSA) is 60.1 Å². The highest BCUT2D eigenvalue weighted by Gasteiger charge is 1.93. The van der Waals surface area contributed by atoms with Crippen LogP contribution in [0.5, 0.6) is 0 Å². The van der Waals surface area contributed by atoms with E-state index in [4.69, 9.17) is 0 Å². The van der Waals surface area contributed by atoms with Gasteiger partial charge < -0.3 is 26.6 Å². The lowest BCUT2D eigenvalue weighted by molar-refractivity contribution is 0.522. The minimum atomic E-state index is 0.798. The molecule has 0 aliphatic carbocycles. The summed E-state index contributed by atoms with van der Waals surface area (Å²) in [4.78, 5) is 0. The van der Waals surface area contributed by atoms with Crippen LogP contribution in [0.15, 0.2) is 0 Å². The number of nitrogens with one attached hydrogen (secondary N) is 5. The molecule has 0 spiro atoms. The Morgan fingerprint density at radius 2 is 0.947 bits per heavy atom. The highest BCUT2D eigenvalue weighted by Crippen LogP contribution is 1.95. The Balaban J connectivity index is 2.91. The van der Waals surface area contributed by atoms with Crippen LogP contribution < -0.4 is 26.6 Å². The lowest BCUT2D eigenvalue weighted by atomic mass is 10.1. The number of hydrogen-bond acceptors (Lipinski definition) is 5. The zero-order valence-corrected chi connectivity index (χ0v) is 13.1. The Morgan fingerprint density at radius 3 is 1.32 bits per heavy atom. The fraction of sp³-hybridized carbons (Fsp3) is 1.00. The van der Waals surface area contributed by atoms with Crippen molar-refractivity contribution in [1.82, 2.24) is 26.6 Å². The molecule has 0 atom stereocenters. The fourth-order valence-electron chi connectivity index (χ4n) is 1.63. The van der Waals surface area contributed by atoms with E-state index in [1.165, 1.54) is 6.42 Å². The van der Waals surface area contributed by atoms with Crippen LogP contribution >= 0.6 is 0 Å². The summed E-state index contributed by atoms with van der Waals surface area (Å²) >= 11 is 0. The molecule has 0 aliphatic heterocycles. The summed E-state index contributed by atoms with van der Waals surface area (Å²) in [7, 11) is 1.98. The summed E-state index contributed by atoms with van der Waals surface area (Å²) < 4.78 is 0. The van der Waals surface area contributed by atoms with Gasteiger partial charge in [0, 0.05) is 52.4 Å². The van der Waals surface area contributed by atoms with Crippen molar-refractivity contribution < 1.29 is 0 Å². The molecule has 5 nitrogen and oxygen atoms in total. The van der Waals surface area contributed by atoms with Crippen molar-refractivity contribution in [3.05, 3.63) is 0 Å². The van der Waals surface area contributed by atoms with Crippen LogP contribution in [0.3, 0.4) is 0 Å². The van der Waals surface area contributed by atoms with Crippen LogP contribution in [-0.4, -0.2) is 66.0 Å². The quantitative estimate of drug-likeness (QED) is 0.263. The van der Waals surface area contributed by atoms with Crippen molar-refractivity contribution in [2.24, 2.45) is 5.92 Å². The zero-order valence-electron chi connectivity index (χ0n) is 13.1. The van der Waals surface area contributed by atoms with Gasteiger partial charge in [-0.25, -0.2) is 0 Å². The summed E-state index contributed by atoms with van der Waals surface area (Å²) in [6.07, 6.45) is 1.27. The van der Waals surface area contributed by atoms with Gasteiger partial charge in [-0.1, -0.05) is 13.8 Å². The van der Waals surface area contributed by atoms with E-state index in [1.807, 2.05) is 7.05 Å². The summed E-state index contributed by atoms with van der Waals surface area (Å²) in [6, 6.07) is 0. The zero-order chi connectivity index (χ0) is 14.2. The number of hydrogen-bond donors (Lipinski definition) is 5. The summed E-state index contributed by atoms with van der Waals surface area (Å²) in [5.41, 5.74) is 0. The lowest BCUT2D eigenvalue weighted by Gasteiger charge is -2.09. The van der Waals surface area contributed by atoms with E-state index in [0.717, 1.165) is 64.8 Å². The SMILES string of the molecule is CNCCNCCNCCNCCNCCC(C)C. The second-order valence-electron chi connectivity index (χ2n) is 5.29. The maximum absolute atomic E-state index is 3.45. The molecule has 0 bridgehead atoms. The van der Waals surface area contributed by atoms with Gasteiger partial charge in [-0.2, -0.15) is 0 Å². The van der Waals surface area contributed by atoms with Crippen molar-refractivity contribution in [2.75, 3.05) is 66.0 Å². The van der Waals surface area contributed by atoms with E-state index in [-0.39, 0.29) is 0 Å². The van der Waals surface area contributed by atoms with E-state index in [0.29, 0.717) is 0 Å². The average molecular weight is 273 g/mol. The predicted octanol–water partition coefficient (Wildman–Crippen LogP) is -0.390. The first-order valence-corrected chi connectivity index (χ1v) is 7.74. The van der Waals surface area contributed by atoms with Crippen LogP contribution in [-0.2, 0) is 0 Å². The van der Waals surface area contributed by atoms with Gasteiger partial charge in [0.25, 0.3) is 0 Å². The monoisotopic (exact) mass is 273 g/mol. The molecule has 19 heavy (non-hydrogen) atoms. The largest absolute Gasteiger partial charge is 0.318 e. The molecule has 0 aromatic carbocycles. The van der Waals surface area contributed by atoms with E-state index in [1.54, 1.807) is 0 Å². The van der Waals surface area contributed by atoms with Gasteiger partial charge in [0.1, 0.15) is 0 Å². The number of rotatable bonds is 15. The molecule has 0 rings (SSSR count). The van der Waals surface area contributed by atoms with Gasteiger partial charge in [-0.3, -0.25) is 0 Å². The second-order valence-corrected chi connectivity index (χ2v) is 5.29. The smallest absolute Gasteiger partial charge is 0.00772 e. The van der Waals surface area contributed by atoms with Crippen molar-refractivity contribution in [2.45, 2.75) is 20.3 Å². The Bertz CT molecular complexity index is 164. The van der Waals surface area contributed by atoms with Crippen LogP contribution in [0.1, 0.15) is 20.3 Å². The van der Waals surface area contributed by atoms with Crippen molar-refractivity contribution in [3.8, 4) is 0 Å². The van der Waals surface area contributed by atoms with Crippen LogP contribution in [0.25, 0.3) is 0 Å². The Hall–Kier alpha value is -0.200. The van der Waals surface area contributed by atoms with Gasteiger partial charge in [0.15, 0.2) is 0 Å². The molecule has 0 unspecified atom stereocenters. The highest BCUT2D eigenvalue weighted by atomic mass is 15.0. The van der Waals surface area contributed by atoms with E-state index >= 15 is 0 Å². The first kappa shape index (κ1) is 18.8.